The molecule has 2 aromatic rings. The Morgan fingerprint density at radius 1 is 0.875 bits per heavy atom. The Labute approximate surface area is 141 Å². The average Bonchev–Trinajstić information content (AvgIpc) is 2.54. The Bertz CT molecular complexity index is 710. The Morgan fingerprint density at radius 3 is 1.58 bits per heavy atom. The van der Waals surface area contributed by atoms with Crippen LogP contribution < -0.4 is 0 Å². The number of hydrogen-bond donors (Lipinski definition) is 3. The van der Waals surface area contributed by atoms with Gasteiger partial charge in [0.1, 0.15) is 11.5 Å². The first-order valence-corrected chi connectivity index (χ1v) is 7.72. The number of aliphatic carboxylic acids is 1. The van der Waals surface area contributed by atoms with E-state index in [2.05, 4.69) is 0 Å². The Morgan fingerprint density at radius 2 is 1.25 bits per heavy atom. The normalized spacial score (nSPS) is 12.6. The van der Waals surface area contributed by atoms with E-state index in [0.717, 1.165) is 16.7 Å². The van der Waals surface area contributed by atoms with Crippen molar-refractivity contribution in [3.63, 3.8) is 0 Å². The zero-order valence-corrected chi connectivity index (χ0v) is 14.1. The van der Waals surface area contributed by atoms with E-state index in [1.54, 1.807) is 31.2 Å². The lowest BCUT2D eigenvalue weighted by atomic mass is 9.71. The number of carbonyl (C=O) groups is 1. The van der Waals surface area contributed by atoms with Crippen LogP contribution in [0.5, 0.6) is 11.5 Å². The molecule has 3 N–H and O–H groups in total. The third-order valence-electron chi connectivity index (χ3n) is 4.59. The molecule has 2 aromatic carbocycles. The highest BCUT2D eigenvalue weighted by Crippen LogP contribution is 2.39. The minimum absolute atomic E-state index is 0.181. The van der Waals surface area contributed by atoms with Gasteiger partial charge in [-0.1, -0.05) is 36.8 Å². The molecule has 0 heterocycles. The minimum Gasteiger partial charge on any atom is -0.508 e. The van der Waals surface area contributed by atoms with E-state index < -0.39 is 11.4 Å². The molecule has 0 aliphatic heterocycles. The summed E-state index contributed by atoms with van der Waals surface area (Å²) in [4.78, 5) is 11.3. The molecule has 0 fully saturated rings. The molecular weight excluding hydrogens is 304 g/mol. The first-order valence-electron chi connectivity index (χ1n) is 7.72. The van der Waals surface area contributed by atoms with E-state index in [9.17, 15) is 20.1 Å². The van der Waals surface area contributed by atoms with Crippen molar-refractivity contribution in [2.75, 3.05) is 0 Å². The van der Waals surface area contributed by atoms with Crippen molar-refractivity contribution in [1.29, 1.82) is 0 Å². The smallest absolute Gasteiger partial charge is 0.331 e. The van der Waals surface area contributed by atoms with E-state index >= 15 is 0 Å². The van der Waals surface area contributed by atoms with Crippen molar-refractivity contribution >= 4 is 5.97 Å². The van der Waals surface area contributed by atoms with Gasteiger partial charge in [0.15, 0.2) is 0 Å². The summed E-state index contributed by atoms with van der Waals surface area (Å²) >= 11 is 0. The molecule has 0 aliphatic carbocycles. The first-order chi connectivity index (χ1) is 11.2. The first kappa shape index (κ1) is 17.6. The molecule has 0 atom stereocenters. The summed E-state index contributed by atoms with van der Waals surface area (Å²) < 4.78 is 0. The highest BCUT2D eigenvalue weighted by molar-refractivity contribution is 5.86. The van der Waals surface area contributed by atoms with Gasteiger partial charge in [0.25, 0.3) is 0 Å². The topological polar surface area (TPSA) is 77.8 Å². The van der Waals surface area contributed by atoms with Crippen molar-refractivity contribution in [2.24, 2.45) is 0 Å². The Balaban J connectivity index is 2.56. The molecule has 4 nitrogen and oxygen atoms in total. The quantitative estimate of drug-likeness (QED) is 0.719. The summed E-state index contributed by atoms with van der Waals surface area (Å²) in [5, 5.41) is 28.3. The van der Waals surface area contributed by atoms with Gasteiger partial charge in [0.05, 0.1) is 0 Å². The van der Waals surface area contributed by atoms with Gasteiger partial charge in [0.2, 0.25) is 0 Å². The monoisotopic (exact) mass is 326 g/mol. The van der Waals surface area contributed by atoms with Crippen molar-refractivity contribution in [2.45, 2.75) is 32.6 Å². The lowest BCUT2D eigenvalue weighted by Crippen LogP contribution is -2.24. The Kier molecular flexibility index (Phi) is 4.98. The van der Waals surface area contributed by atoms with Gasteiger partial charge in [-0.3, -0.25) is 0 Å². The molecule has 0 aromatic heterocycles. The van der Waals surface area contributed by atoms with Crippen LogP contribution in [-0.2, 0) is 10.2 Å². The van der Waals surface area contributed by atoms with Gasteiger partial charge < -0.3 is 15.3 Å². The van der Waals surface area contributed by atoms with E-state index in [1.165, 1.54) is 0 Å². The lowest BCUT2D eigenvalue weighted by Gasteiger charge is -2.32. The van der Waals surface area contributed by atoms with E-state index in [1.807, 2.05) is 38.1 Å². The van der Waals surface area contributed by atoms with Gasteiger partial charge in [0, 0.05) is 11.0 Å². The fourth-order valence-electron chi connectivity index (χ4n) is 2.87. The molecular formula is C20H22O4. The van der Waals surface area contributed by atoms with Gasteiger partial charge >= 0.3 is 5.97 Å². The summed E-state index contributed by atoms with van der Waals surface area (Å²) in [7, 11) is 0. The number of aromatic hydroxyl groups is 2. The molecule has 4 heteroatoms. The molecule has 24 heavy (non-hydrogen) atoms. The average molecular weight is 326 g/mol. The maximum absolute atomic E-state index is 11.3. The van der Waals surface area contributed by atoms with E-state index in [4.69, 9.17) is 0 Å². The SMILES string of the molecule is CC(CC(C)(c1ccc(O)cc1)c1ccc(O)cc1)=C(C)C(=O)O. The lowest BCUT2D eigenvalue weighted by molar-refractivity contribution is -0.132. The number of rotatable bonds is 5. The zero-order valence-electron chi connectivity index (χ0n) is 14.1. The van der Waals surface area contributed by atoms with Gasteiger partial charge in [-0.25, -0.2) is 4.79 Å². The van der Waals surface area contributed by atoms with Gasteiger partial charge in [-0.2, -0.15) is 0 Å². The predicted molar refractivity (Wildman–Crippen MR) is 93.3 cm³/mol. The second-order valence-corrected chi connectivity index (χ2v) is 6.31. The zero-order chi connectivity index (χ0) is 17.9. The second-order valence-electron chi connectivity index (χ2n) is 6.31. The summed E-state index contributed by atoms with van der Waals surface area (Å²) in [6.45, 7) is 5.46. The number of allylic oxidation sites excluding steroid dienone is 1. The maximum atomic E-state index is 11.3. The molecule has 0 bridgehead atoms. The number of hydrogen-bond acceptors (Lipinski definition) is 3. The standard InChI is InChI=1S/C20H22O4/c1-13(14(2)19(23)24)12-20(3,15-4-8-17(21)9-5-15)16-6-10-18(22)11-7-16/h4-11,21-22H,12H2,1-3H3,(H,23,24). The summed E-state index contributed by atoms with van der Waals surface area (Å²) in [6.07, 6.45) is 0.515. The molecule has 0 saturated heterocycles. The van der Waals surface area contributed by atoms with Crippen LogP contribution in [0, 0.1) is 0 Å². The molecule has 0 unspecified atom stereocenters. The highest BCUT2D eigenvalue weighted by atomic mass is 16.4. The molecule has 0 radical (unpaired) electrons. The fraction of sp³-hybridized carbons (Fsp3) is 0.250. The Hall–Kier alpha value is -2.75. The van der Waals surface area contributed by atoms with Crippen LogP contribution in [0.15, 0.2) is 59.7 Å². The number of phenols is 2. The van der Waals surface area contributed by atoms with Crippen molar-refractivity contribution in [3.05, 3.63) is 70.8 Å². The summed E-state index contributed by atoms with van der Waals surface area (Å²) in [5.74, 6) is -0.562. The van der Waals surface area contributed by atoms with Crippen LogP contribution in [0.25, 0.3) is 0 Å². The molecule has 0 saturated carbocycles. The van der Waals surface area contributed by atoms with Crippen LogP contribution in [0.1, 0.15) is 38.3 Å². The van der Waals surface area contributed by atoms with Gasteiger partial charge in [-0.05, 0) is 55.7 Å². The third-order valence-corrected chi connectivity index (χ3v) is 4.59. The highest BCUT2D eigenvalue weighted by Gasteiger charge is 2.30. The van der Waals surface area contributed by atoms with E-state index in [0.29, 0.717) is 12.0 Å². The number of carboxylic acids is 1. The van der Waals surface area contributed by atoms with Crippen molar-refractivity contribution in [1.82, 2.24) is 0 Å². The van der Waals surface area contributed by atoms with E-state index in [-0.39, 0.29) is 11.5 Å². The van der Waals surface area contributed by atoms with Crippen LogP contribution in [-0.4, -0.2) is 21.3 Å². The number of phenolic OH excluding ortho intramolecular Hbond substituents is 2. The number of benzene rings is 2. The third kappa shape index (κ3) is 3.59. The molecule has 0 spiro atoms. The van der Waals surface area contributed by atoms with Crippen molar-refractivity contribution < 1.29 is 20.1 Å². The summed E-state index contributed by atoms with van der Waals surface area (Å²) in [6, 6.07) is 13.8. The predicted octanol–water partition coefficient (Wildman–Crippen LogP) is 4.21. The molecule has 0 aliphatic rings. The second kappa shape index (κ2) is 6.79. The summed E-state index contributed by atoms with van der Waals surface area (Å²) in [5.41, 5.74) is 2.55. The molecule has 2 rings (SSSR count). The largest absolute Gasteiger partial charge is 0.508 e. The molecule has 0 amide bonds. The van der Waals surface area contributed by atoms with Crippen LogP contribution in [0.3, 0.4) is 0 Å². The van der Waals surface area contributed by atoms with Crippen LogP contribution in [0.2, 0.25) is 0 Å². The van der Waals surface area contributed by atoms with Crippen LogP contribution in [0.4, 0.5) is 0 Å². The fourth-order valence-corrected chi connectivity index (χ4v) is 2.87. The molecule has 126 valence electrons. The van der Waals surface area contributed by atoms with Crippen LogP contribution >= 0.6 is 0 Å². The van der Waals surface area contributed by atoms with Gasteiger partial charge in [-0.15, -0.1) is 0 Å². The van der Waals surface area contributed by atoms with Crippen molar-refractivity contribution in [3.8, 4) is 11.5 Å². The minimum atomic E-state index is -0.925. The maximum Gasteiger partial charge on any atom is 0.331 e. The number of carboxylic acid groups (broad SMARTS) is 1.